The zero-order chi connectivity index (χ0) is 21.2. The summed E-state index contributed by atoms with van der Waals surface area (Å²) in [6.07, 6.45) is 1.19. The summed E-state index contributed by atoms with van der Waals surface area (Å²) in [6, 6.07) is 10.7. The molecule has 0 fully saturated rings. The lowest BCUT2D eigenvalue weighted by atomic mass is 10.2. The number of rotatable bonds is 5. The average Bonchev–Trinajstić information content (AvgIpc) is 2.71. The number of hydrogen-bond donors (Lipinski definition) is 3. The van der Waals surface area contributed by atoms with Crippen LogP contribution in [0.2, 0.25) is 10.0 Å². The Morgan fingerprint density at radius 1 is 1.07 bits per heavy atom. The molecule has 0 atom stereocenters. The van der Waals surface area contributed by atoms with Gasteiger partial charge in [-0.1, -0.05) is 35.3 Å². The Kier molecular flexibility index (Phi) is 5.89. The van der Waals surface area contributed by atoms with Crippen LogP contribution >= 0.6 is 23.2 Å². The Morgan fingerprint density at radius 2 is 1.72 bits per heavy atom. The van der Waals surface area contributed by atoms with Gasteiger partial charge in [-0.25, -0.2) is 8.42 Å². The summed E-state index contributed by atoms with van der Waals surface area (Å²) >= 11 is 11.5. The van der Waals surface area contributed by atoms with Gasteiger partial charge in [-0.05, 0) is 36.4 Å². The number of nitrogens with zero attached hydrogens (tertiary/aromatic N) is 2. The number of amides is 1. The van der Waals surface area contributed by atoms with Crippen LogP contribution in [-0.4, -0.2) is 29.2 Å². The molecule has 9 nitrogen and oxygen atoms in total. The molecule has 150 valence electrons. The minimum Gasteiger partial charge on any atom is -0.507 e. The number of halogens is 2. The Labute approximate surface area is 174 Å². The van der Waals surface area contributed by atoms with Crippen LogP contribution in [0.5, 0.6) is 5.75 Å². The number of para-hydroxylation sites is 1. The fraction of sp³-hybridized carbons (Fsp3) is 0. The van der Waals surface area contributed by atoms with Crippen LogP contribution in [0, 0.1) is 0 Å². The van der Waals surface area contributed by atoms with Crippen molar-refractivity contribution in [3.05, 3.63) is 80.7 Å². The standard InChI is InChI=1S/C17H12Cl2N4O5S/c18-13-9-20-23(17(26)15(13)19)10-5-7-11(8-6-10)29(27,28)22-21-16(25)12-3-1-2-4-14(12)24/h1-9,22,24H,(H,21,25). The van der Waals surface area contributed by atoms with Gasteiger partial charge in [0.05, 0.1) is 27.4 Å². The van der Waals surface area contributed by atoms with Crippen molar-refractivity contribution in [2.75, 3.05) is 0 Å². The molecule has 0 unspecified atom stereocenters. The molecule has 1 amide bonds. The first kappa shape index (κ1) is 20.8. The molecule has 0 aliphatic heterocycles. The van der Waals surface area contributed by atoms with E-state index < -0.39 is 21.5 Å². The normalized spacial score (nSPS) is 11.2. The number of aromatic nitrogens is 2. The first-order valence-corrected chi connectivity index (χ1v) is 10.1. The quantitative estimate of drug-likeness (QED) is 0.504. The van der Waals surface area contributed by atoms with E-state index in [1.54, 1.807) is 0 Å². The third kappa shape index (κ3) is 4.40. The number of benzene rings is 2. The first-order chi connectivity index (χ1) is 13.7. The van der Waals surface area contributed by atoms with Gasteiger partial charge in [-0.15, -0.1) is 4.83 Å². The number of carbonyl (C=O) groups is 1. The van der Waals surface area contributed by atoms with Crippen LogP contribution < -0.4 is 15.8 Å². The SMILES string of the molecule is O=C(NNS(=O)(=O)c1ccc(-n2ncc(Cl)c(Cl)c2=O)cc1)c1ccccc1O. The van der Waals surface area contributed by atoms with Crippen molar-refractivity contribution >= 4 is 39.1 Å². The minimum atomic E-state index is -4.12. The number of nitrogens with one attached hydrogen (secondary N) is 2. The number of carbonyl (C=O) groups excluding carboxylic acids is 1. The lowest BCUT2D eigenvalue weighted by molar-refractivity contribution is 0.0942. The minimum absolute atomic E-state index is 0.00323. The van der Waals surface area contributed by atoms with Crippen molar-refractivity contribution in [3.8, 4) is 11.4 Å². The number of hydrogen-bond acceptors (Lipinski definition) is 6. The van der Waals surface area contributed by atoms with Gasteiger partial charge in [0, 0.05) is 0 Å². The van der Waals surface area contributed by atoms with Crippen LogP contribution in [0.4, 0.5) is 0 Å². The lowest BCUT2D eigenvalue weighted by Gasteiger charge is -2.10. The number of sulfonamides is 1. The van der Waals surface area contributed by atoms with Crippen molar-refractivity contribution in [1.82, 2.24) is 20.0 Å². The molecule has 1 aromatic heterocycles. The van der Waals surface area contributed by atoms with E-state index in [0.717, 1.165) is 4.68 Å². The molecule has 3 rings (SSSR count). The summed E-state index contributed by atoms with van der Waals surface area (Å²) in [4.78, 5) is 25.8. The smallest absolute Gasteiger partial charge is 0.291 e. The van der Waals surface area contributed by atoms with Gasteiger partial charge >= 0.3 is 0 Å². The van der Waals surface area contributed by atoms with Gasteiger partial charge in [0.25, 0.3) is 21.5 Å². The maximum Gasteiger partial charge on any atom is 0.291 e. The van der Waals surface area contributed by atoms with Gasteiger partial charge in [-0.3, -0.25) is 15.0 Å². The van der Waals surface area contributed by atoms with Crippen molar-refractivity contribution < 1.29 is 18.3 Å². The summed E-state index contributed by atoms with van der Waals surface area (Å²) in [7, 11) is -4.12. The second-order valence-electron chi connectivity index (χ2n) is 5.59. The van der Waals surface area contributed by atoms with E-state index in [1.807, 2.05) is 10.3 Å². The summed E-state index contributed by atoms with van der Waals surface area (Å²) in [6.45, 7) is 0. The predicted octanol–water partition coefficient (Wildman–Crippen LogP) is 1.87. The molecule has 3 aromatic rings. The van der Waals surface area contributed by atoms with E-state index >= 15 is 0 Å². The van der Waals surface area contributed by atoms with Crippen LogP contribution in [0.3, 0.4) is 0 Å². The van der Waals surface area contributed by atoms with Gasteiger partial charge in [0.2, 0.25) is 0 Å². The highest BCUT2D eigenvalue weighted by Gasteiger charge is 2.18. The second-order valence-corrected chi connectivity index (χ2v) is 8.06. The molecule has 0 bridgehead atoms. The van der Waals surface area contributed by atoms with E-state index in [9.17, 15) is 23.1 Å². The molecule has 0 saturated carbocycles. The van der Waals surface area contributed by atoms with Gasteiger partial charge < -0.3 is 5.11 Å². The molecule has 12 heteroatoms. The summed E-state index contributed by atoms with van der Waals surface area (Å²) in [5.74, 6) is -1.14. The van der Waals surface area contributed by atoms with Crippen LogP contribution in [0.1, 0.15) is 10.4 Å². The van der Waals surface area contributed by atoms with E-state index in [4.69, 9.17) is 23.2 Å². The van der Waals surface area contributed by atoms with Gasteiger partial charge in [-0.2, -0.15) is 9.78 Å². The highest BCUT2D eigenvalue weighted by atomic mass is 35.5. The number of phenolic OH excluding ortho intramolecular Hbond substituents is 1. The van der Waals surface area contributed by atoms with Crippen LogP contribution in [0.25, 0.3) is 5.69 Å². The topological polar surface area (TPSA) is 130 Å². The number of aromatic hydroxyl groups is 1. The van der Waals surface area contributed by atoms with Crippen molar-refractivity contribution in [2.24, 2.45) is 0 Å². The highest BCUT2D eigenvalue weighted by molar-refractivity contribution is 7.89. The first-order valence-electron chi connectivity index (χ1n) is 7.84. The molecule has 0 aliphatic carbocycles. The number of phenols is 1. The molecule has 1 heterocycles. The monoisotopic (exact) mass is 454 g/mol. The fourth-order valence-electron chi connectivity index (χ4n) is 2.27. The molecular weight excluding hydrogens is 443 g/mol. The summed E-state index contributed by atoms with van der Waals surface area (Å²) in [5.41, 5.74) is 1.50. The fourth-order valence-corrected chi connectivity index (χ4v) is 3.36. The summed E-state index contributed by atoms with van der Waals surface area (Å²) < 4.78 is 25.7. The molecular formula is C17H12Cl2N4O5S. The molecule has 0 aliphatic rings. The maximum absolute atomic E-state index is 12.4. The summed E-state index contributed by atoms with van der Waals surface area (Å²) in [5, 5.41) is 13.3. The Hall–Kier alpha value is -2.92. The Bertz CT molecular complexity index is 1240. The molecule has 29 heavy (non-hydrogen) atoms. The zero-order valence-corrected chi connectivity index (χ0v) is 16.7. The third-order valence-corrected chi connectivity index (χ3v) is 5.73. The molecule has 0 saturated heterocycles. The van der Waals surface area contributed by atoms with E-state index in [2.05, 4.69) is 5.10 Å². The van der Waals surface area contributed by atoms with Crippen molar-refractivity contribution in [3.63, 3.8) is 0 Å². The largest absolute Gasteiger partial charge is 0.507 e. The Balaban J connectivity index is 1.78. The van der Waals surface area contributed by atoms with Crippen LogP contribution in [0.15, 0.2) is 64.4 Å². The second kappa shape index (κ2) is 8.21. The van der Waals surface area contributed by atoms with Crippen molar-refractivity contribution in [2.45, 2.75) is 4.90 Å². The average molecular weight is 455 g/mol. The molecule has 3 N–H and O–H groups in total. The van der Waals surface area contributed by atoms with E-state index in [1.165, 1.54) is 54.7 Å². The number of hydrazine groups is 1. The van der Waals surface area contributed by atoms with Crippen molar-refractivity contribution in [1.29, 1.82) is 0 Å². The van der Waals surface area contributed by atoms with E-state index in [-0.39, 0.29) is 31.9 Å². The predicted molar refractivity (Wildman–Crippen MR) is 106 cm³/mol. The molecule has 0 radical (unpaired) electrons. The molecule has 0 spiro atoms. The van der Waals surface area contributed by atoms with Gasteiger partial charge in [0.15, 0.2) is 0 Å². The zero-order valence-electron chi connectivity index (χ0n) is 14.3. The van der Waals surface area contributed by atoms with Gasteiger partial charge in [0.1, 0.15) is 10.8 Å². The maximum atomic E-state index is 12.4. The highest BCUT2D eigenvalue weighted by Crippen LogP contribution is 2.18. The lowest BCUT2D eigenvalue weighted by Crippen LogP contribution is -2.41. The Morgan fingerprint density at radius 3 is 2.38 bits per heavy atom. The van der Waals surface area contributed by atoms with Crippen LogP contribution in [-0.2, 0) is 10.0 Å². The third-order valence-electron chi connectivity index (χ3n) is 3.72. The molecule has 2 aromatic carbocycles. The van der Waals surface area contributed by atoms with E-state index in [0.29, 0.717) is 0 Å².